The second-order valence-electron chi connectivity index (χ2n) is 3.99. The van der Waals surface area contributed by atoms with Crippen LogP contribution in [0.15, 0.2) is 12.4 Å². The molecule has 0 aromatic carbocycles. The van der Waals surface area contributed by atoms with Gasteiger partial charge in [-0.1, -0.05) is 0 Å². The highest BCUT2D eigenvalue weighted by Crippen LogP contribution is 1.99. The maximum absolute atomic E-state index is 4.36. The van der Waals surface area contributed by atoms with Gasteiger partial charge in [-0.2, -0.15) is 0 Å². The van der Waals surface area contributed by atoms with E-state index in [4.69, 9.17) is 0 Å². The normalized spacial score (nSPS) is 17.9. The third-order valence-corrected chi connectivity index (χ3v) is 2.73. The molecular formula is C11H18N4. The summed E-state index contributed by atoms with van der Waals surface area (Å²) in [5.74, 6) is 0. The maximum atomic E-state index is 4.36. The van der Waals surface area contributed by atoms with E-state index >= 15 is 0 Å². The minimum atomic E-state index is 0.987. The van der Waals surface area contributed by atoms with Crippen LogP contribution >= 0.6 is 0 Å². The molecule has 0 unspecified atom stereocenters. The first kappa shape index (κ1) is 10.5. The van der Waals surface area contributed by atoms with Crippen molar-refractivity contribution in [3.8, 4) is 0 Å². The van der Waals surface area contributed by atoms with Crippen molar-refractivity contribution in [2.75, 3.05) is 32.7 Å². The number of nitrogens with one attached hydrogen (secondary N) is 1. The molecule has 0 bridgehead atoms. The molecule has 0 spiro atoms. The van der Waals surface area contributed by atoms with E-state index < -0.39 is 0 Å². The highest BCUT2D eigenvalue weighted by atomic mass is 15.2. The molecule has 1 aliphatic heterocycles. The number of piperazine rings is 1. The molecule has 4 heteroatoms. The fourth-order valence-electron chi connectivity index (χ4n) is 1.76. The molecule has 1 N–H and O–H groups in total. The van der Waals surface area contributed by atoms with E-state index in [1.807, 2.05) is 19.3 Å². The van der Waals surface area contributed by atoms with E-state index in [1.54, 1.807) is 0 Å². The Bertz CT molecular complexity index is 290. The molecule has 82 valence electrons. The molecule has 1 aromatic rings. The lowest BCUT2D eigenvalue weighted by molar-refractivity contribution is 0.243. The van der Waals surface area contributed by atoms with E-state index in [1.165, 1.54) is 0 Å². The van der Waals surface area contributed by atoms with Crippen molar-refractivity contribution >= 4 is 0 Å². The monoisotopic (exact) mass is 206 g/mol. The summed E-state index contributed by atoms with van der Waals surface area (Å²) in [5, 5.41) is 3.35. The molecule has 2 heterocycles. The lowest BCUT2D eigenvalue weighted by Gasteiger charge is -2.26. The van der Waals surface area contributed by atoms with Crippen molar-refractivity contribution in [3.63, 3.8) is 0 Å². The SMILES string of the molecule is Cc1cnc(CCN2CCNCC2)cn1. The average molecular weight is 206 g/mol. The highest BCUT2D eigenvalue weighted by Gasteiger charge is 2.09. The molecule has 4 nitrogen and oxygen atoms in total. The van der Waals surface area contributed by atoms with Gasteiger partial charge in [0.15, 0.2) is 0 Å². The number of aromatic nitrogens is 2. The van der Waals surface area contributed by atoms with Crippen LogP contribution in [0.25, 0.3) is 0 Å². The molecule has 0 amide bonds. The van der Waals surface area contributed by atoms with Crippen LogP contribution in [0, 0.1) is 6.92 Å². The molecular weight excluding hydrogens is 188 g/mol. The Morgan fingerprint density at radius 3 is 2.73 bits per heavy atom. The van der Waals surface area contributed by atoms with E-state index in [0.29, 0.717) is 0 Å². The second-order valence-corrected chi connectivity index (χ2v) is 3.99. The second kappa shape index (κ2) is 5.19. The van der Waals surface area contributed by atoms with Gasteiger partial charge >= 0.3 is 0 Å². The minimum absolute atomic E-state index is 0.987. The van der Waals surface area contributed by atoms with Gasteiger partial charge in [-0.3, -0.25) is 9.97 Å². The molecule has 2 rings (SSSR count). The van der Waals surface area contributed by atoms with Gasteiger partial charge in [0.1, 0.15) is 0 Å². The summed E-state index contributed by atoms with van der Waals surface area (Å²) >= 11 is 0. The summed E-state index contributed by atoms with van der Waals surface area (Å²) in [7, 11) is 0. The van der Waals surface area contributed by atoms with Gasteiger partial charge in [-0.05, 0) is 6.92 Å². The molecule has 15 heavy (non-hydrogen) atoms. The number of aryl methyl sites for hydroxylation is 1. The minimum Gasteiger partial charge on any atom is -0.314 e. The summed E-state index contributed by atoms with van der Waals surface area (Å²) in [6.07, 6.45) is 4.73. The van der Waals surface area contributed by atoms with Crippen LogP contribution in [0.1, 0.15) is 11.4 Å². The van der Waals surface area contributed by atoms with Gasteiger partial charge in [0.25, 0.3) is 0 Å². The van der Waals surface area contributed by atoms with Crippen LogP contribution in [0.4, 0.5) is 0 Å². The smallest absolute Gasteiger partial charge is 0.0599 e. The summed E-state index contributed by atoms with van der Waals surface area (Å²) in [6, 6.07) is 0. The molecule has 1 aromatic heterocycles. The van der Waals surface area contributed by atoms with Crippen molar-refractivity contribution in [3.05, 3.63) is 23.8 Å². The summed E-state index contributed by atoms with van der Waals surface area (Å²) < 4.78 is 0. The molecule has 0 aliphatic carbocycles. The van der Waals surface area contributed by atoms with Crippen molar-refractivity contribution in [2.24, 2.45) is 0 Å². The van der Waals surface area contributed by atoms with Gasteiger partial charge < -0.3 is 10.2 Å². The largest absolute Gasteiger partial charge is 0.314 e. The van der Waals surface area contributed by atoms with Gasteiger partial charge in [-0.15, -0.1) is 0 Å². The van der Waals surface area contributed by atoms with Crippen LogP contribution in [0.5, 0.6) is 0 Å². The quantitative estimate of drug-likeness (QED) is 0.769. The topological polar surface area (TPSA) is 41.1 Å². The first-order valence-corrected chi connectivity index (χ1v) is 5.55. The van der Waals surface area contributed by atoms with E-state index in [-0.39, 0.29) is 0 Å². The van der Waals surface area contributed by atoms with Crippen LogP contribution in [-0.4, -0.2) is 47.6 Å². The van der Waals surface area contributed by atoms with E-state index in [9.17, 15) is 0 Å². The number of nitrogens with zero attached hydrogens (tertiary/aromatic N) is 3. The lowest BCUT2D eigenvalue weighted by Crippen LogP contribution is -2.44. The average Bonchev–Trinajstić information content (AvgIpc) is 2.30. The molecule has 1 fully saturated rings. The Labute approximate surface area is 90.7 Å². The number of hydrogen-bond acceptors (Lipinski definition) is 4. The summed E-state index contributed by atoms with van der Waals surface area (Å²) in [5.41, 5.74) is 2.08. The maximum Gasteiger partial charge on any atom is 0.0599 e. The van der Waals surface area contributed by atoms with Gasteiger partial charge in [-0.25, -0.2) is 0 Å². The third-order valence-electron chi connectivity index (χ3n) is 2.73. The Morgan fingerprint density at radius 1 is 1.27 bits per heavy atom. The standard InChI is InChI=1S/C11H18N4/c1-10-8-14-11(9-13-10)2-5-15-6-3-12-4-7-15/h8-9,12H,2-7H2,1H3. The Hall–Kier alpha value is -1.00. The fourth-order valence-corrected chi connectivity index (χ4v) is 1.76. The van der Waals surface area contributed by atoms with Gasteiger partial charge in [0, 0.05) is 51.5 Å². The molecule has 0 radical (unpaired) electrons. The Balaban J connectivity index is 1.79. The van der Waals surface area contributed by atoms with Crippen molar-refractivity contribution in [1.82, 2.24) is 20.2 Å². The van der Waals surface area contributed by atoms with Crippen molar-refractivity contribution in [2.45, 2.75) is 13.3 Å². The van der Waals surface area contributed by atoms with Crippen LogP contribution < -0.4 is 5.32 Å². The number of hydrogen-bond donors (Lipinski definition) is 1. The number of rotatable bonds is 3. The summed E-state index contributed by atoms with van der Waals surface area (Å²) in [6.45, 7) is 7.59. The first-order valence-electron chi connectivity index (χ1n) is 5.55. The van der Waals surface area contributed by atoms with E-state index in [0.717, 1.165) is 50.5 Å². The van der Waals surface area contributed by atoms with Gasteiger partial charge in [0.2, 0.25) is 0 Å². The zero-order valence-electron chi connectivity index (χ0n) is 9.24. The van der Waals surface area contributed by atoms with E-state index in [2.05, 4.69) is 20.2 Å². The fraction of sp³-hybridized carbons (Fsp3) is 0.636. The lowest BCUT2D eigenvalue weighted by atomic mass is 10.2. The molecule has 1 saturated heterocycles. The third kappa shape index (κ3) is 3.25. The predicted molar refractivity (Wildman–Crippen MR) is 59.8 cm³/mol. The first-order chi connectivity index (χ1) is 7.34. The van der Waals surface area contributed by atoms with Gasteiger partial charge in [0.05, 0.1) is 11.4 Å². The molecule has 1 aliphatic rings. The Morgan fingerprint density at radius 2 is 2.07 bits per heavy atom. The highest BCUT2D eigenvalue weighted by molar-refractivity contribution is 5.01. The zero-order valence-corrected chi connectivity index (χ0v) is 9.24. The predicted octanol–water partition coefficient (Wildman–Crippen LogP) is 0.233. The van der Waals surface area contributed by atoms with Crippen LogP contribution in [0.2, 0.25) is 0 Å². The molecule has 0 atom stereocenters. The van der Waals surface area contributed by atoms with Crippen LogP contribution in [0.3, 0.4) is 0 Å². The van der Waals surface area contributed by atoms with Crippen molar-refractivity contribution < 1.29 is 0 Å². The summed E-state index contributed by atoms with van der Waals surface area (Å²) in [4.78, 5) is 11.1. The Kier molecular flexibility index (Phi) is 3.64. The zero-order chi connectivity index (χ0) is 10.5. The van der Waals surface area contributed by atoms with Crippen molar-refractivity contribution in [1.29, 1.82) is 0 Å². The van der Waals surface area contributed by atoms with Crippen LogP contribution in [-0.2, 0) is 6.42 Å². The molecule has 0 saturated carbocycles.